The largest absolute Gasteiger partial charge is 0.358 e. The maximum absolute atomic E-state index is 12.6. The van der Waals surface area contributed by atoms with Gasteiger partial charge >= 0.3 is 0 Å². The van der Waals surface area contributed by atoms with E-state index in [0.29, 0.717) is 5.56 Å². The molecule has 2 N–H and O–H groups in total. The molecule has 1 aromatic heterocycles. The summed E-state index contributed by atoms with van der Waals surface area (Å²) in [6, 6.07) is 7.87. The first-order valence-electron chi connectivity index (χ1n) is 7.47. The third-order valence-electron chi connectivity index (χ3n) is 3.45. The van der Waals surface area contributed by atoms with Crippen LogP contribution in [0.15, 0.2) is 24.3 Å². The number of carbonyl (C=O) groups excluding carboxylic acids is 2. The summed E-state index contributed by atoms with van der Waals surface area (Å²) < 4.78 is 0. The van der Waals surface area contributed by atoms with Crippen molar-refractivity contribution in [3.63, 3.8) is 0 Å². The Kier molecular flexibility index (Phi) is 4.98. The van der Waals surface area contributed by atoms with Crippen molar-refractivity contribution in [2.24, 2.45) is 0 Å². The van der Waals surface area contributed by atoms with Gasteiger partial charge in [0.25, 0.3) is 0 Å². The van der Waals surface area contributed by atoms with Crippen LogP contribution in [-0.2, 0) is 4.79 Å². The molecule has 5 nitrogen and oxygen atoms in total. The topological polar surface area (TPSA) is 65.2 Å². The van der Waals surface area contributed by atoms with Gasteiger partial charge in [0.05, 0.1) is 13.1 Å². The van der Waals surface area contributed by atoms with Gasteiger partial charge in [-0.05, 0) is 33.9 Å². The zero-order valence-electron chi connectivity index (χ0n) is 13.6. The first-order valence-corrected chi connectivity index (χ1v) is 7.47. The minimum absolute atomic E-state index is 0.0230. The Labute approximate surface area is 130 Å². The molecule has 0 unspecified atom stereocenters. The molecule has 1 amide bonds. The Morgan fingerprint density at radius 1 is 1.23 bits per heavy atom. The lowest BCUT2D eigenvalue weighted by atomic mass is 10.1. The van der Waals surface area contributed by atoms with Crippen LogP contribution in [0.2, 0.25) is 0 Å². The van der Waals surface area contributed by atoms with Crippen molar-refractivity contribution in [3.8, 4) is 0 Å². The molecule has 0 radical (unpaired) electrons. The molecule has 22 heavy (non-hydrogen) atoms. The number of fused-ring (bicyclic) bond motifs is 1. The van der Waals surface area contributed by atoms with Crippen molar-refractivity contribution < 1.29 is 9.59 Å². The molecule has 2 aromatic rings. The van der Waals surface area contributed by atoms with Crippen LogP contribution in [0.1, 0.15) is 29.9 Å². The first kappa shape index (κ1) is 16.2. The molecule has 2 rings (SSSR count). The molecule has 0 bridgehead atoms. The van der Waals surface area contributed by atoms with Gasteiger partial charge in [0.15, 0.2) is 5.78 Å². The van der Waals surface area contributed by atoms with Crippen LogP contribution in [-0.4, -0.2) is 47.8 Å². The normalized spacial score (nSPS) is 11.4. The van der Waals surface area contributed by atoms with E-state index in [4.69, 9.17) is 0 Å². The second-order valence-electron chi connectivity index (χ2n) is 5.99. The highest BCUT2D eigenvalue weighted by Crippen LogP contribution is 2.22. The van der Waals surface area contributed by atoms with Crippen molar-refractivity contribution in [1.29, 1.82) is 0 Å². The van der Waals surface area contributed by atoms with Gasteiger partial charge in [-0.25, -0.2) is 0 Å². The Bertz CT molecular complexity index is 688. The quantitative estimate of drug-likeness (QED) is 0.803. The van der Waals surface area contributed by atoms with Gasteiger partial charge in [0.2, 0.25) is 5.91 Å². The highest BCUT2D eigenvalue weighted by atomic mass is 16.2. The van der Waals surface area contributed by atoms with Gasteiger partial charge < -0.3 is 10.3 Å². The van der Waals surface area contributed by atoms with E-state index >= 15 is 0 Å². The number of ketones is 1. The van der Waals surface area contributed by atoms with Crippen LogP contribution in [0.4, 0.5) is 0 Å². The number of hydrogen-bond donors (Lipinski definition) is 2. The second kappa shape index (κ2) is 6.75. The molecule has 0 spiro atoms. The van der Waals surface area contributed by atoms with Crippen molar-refractivity contribution in [3.05, 3.63) is 35.5 Å². The van der Waals surface area contributed by atoms with E-state index in [9.17, 15) is 9.59 Å². The van der Waals surface area contributed by atoms with E-state index in [0.717, 1.165) is 16.6 Å². The number of nitrogens with zero attached hydrogens (tertiary/aromatic N) is 1. The molecule has 0 aliphatic rings. The predicted molar refractivity (Wildman–Crippen MR) is 88.1 cm³/mol. The standard InChI is InChI=1S/C17H23N3O2/c1-11(2)18-16(22)10-20(4)9-15(21)17-12(3)19-14-8-6-5-7-13(14)17/h5-8,11,19H,9-10H2,1-4H3,(H,18,22). The van der Waals surface area contributed by atoms with E-state index in [1.165, 1.54) is 0 Å². The van der Waals surface area contributed by atoms with Crippen LogP contribution >= 0.6 is 0 Å². The van der Waals surface area contributed by atoms with Crippen molar-refractivity contribution >= 4 is 22.6 Å². The SMILES string of the molecule is Cc1[nH]c2ccccc2c1C(=O)CN(C)CC(=O)NC(C)C. The lowest BCUT2D eigenvalue weighted by Crippen LogP contribution is -2.40. The summed E-state index contributed by atoms with van der Waals surface area (Å²) in [7, 11) is 1.78. The minimum atomic E-state index is -0.0686. The van der Waals surface area contributed by atoms with Crippen molar-refractivity contribution in [2.75, 3.05) is 20.1 Å². The van der Waals surface area contributed by atoms with Crippen LogP contribution in [0.25, 0.3) is 10.9 Å². The lowest BCUT2D eigenvalue weighted by molar-refractivity contribution is -0.122. The van der Waals surface area contributed by atoms with E-state index in [1.807, 2.05) is 45.0 Å². The monoisotopic (exact) mass is 301 g/mol. The smallest absolute Gasteiger partial charge is 0.234 e. The molecular weight excluding hydrogens is 278 g/mol. The number of rotatable bonds is 6. The second-order valence-corrected chi connectivity index (χ2v) is 5.99. The van der Waals surface area contributed by atoms with E-state index in [1.54, 1.807) is 11.9 Å². The summed E-state index contributed by atoms with van der Waals surface area (Å²) in [6.07, 6.45) is 0. The van der Waals surface area contributed by atoms with Crippen LogP contribution < -0.4 is 5.32 Å². The predicted octanol–water partition coefficient (Wildman–Crippen LogP) is 2.12. The Morgan fingerprint density at radius 2 is 1.91 bits per heavy atom. The molecule has 0 aliphatic carbocycles. The van der Waals surface area contributed by atoms with Crippen LogP contribution in [0.5, 0.6) is 0 Å². The number of para-hydroxylation sites is 1. The number of likely N-dealkylation sites (N-methyl/N-ethyl adjacent to an activating group) is 1. The molecule has 0 saturated carbocycles. The number of Topliss-reactive ketones (excluding diaryl/α,β-unsaturated/α-hetero) is 1. The average Bonchev–Trinajstić information content (AvgIpc) is 2.72. The number of carbonyl (C=O) groups is 2. The third-order valence-corrected chi connectivity index (χ3v) is 3.45. The van der Waals surface area contributed by atoms with Crippen LogP contribution in [0, 0.1) is 6.92 Å². The van der Waals surface area contributed by atoms with Gasteiger partial charge in [0, 0.05) is 28.2 Å². The summed E-state index contributed by atoms with van der Waals surface area (Å²) in [4.78, 5) is 29.3. The Hall–Kier alpha value is -2.14. The zero-order chi connectivity index (χ0) is 16.3. The molecular formula is C17H23N3O2. The maximum atomic E-state index is 12.6. The Morgan fingerprint density at radius 3 is 2.59 bits per heavy atom. The maximum Gasteiger partial charge on any atom is 0.234 e. The van der Waals surface area contributed by atoms with Gasteiger partial charge in [-0.1, -0.05) is 18.2 Å². The number of benzene rings is 1. The van der Waals surface area contributed by atoms with Gasteiger partial charge in [0.1, 0.15) is 0 Å². The molecule has 118 valence electrons. The number of H-pyrrole nitrogens is 1. The number of aromatic nitrogens is 1. The molecule has 0 aliphatic heterocycles. The summed E-state index contributed by atoms with van der Waals surface area (Å²) in [6.45, 7) is 6.16. The first-order chi connectivity index (χ1) is 10.4. The summed E-state index contributed by atoms with van der Waals surface area (Å²) in [5, 5.41) is 3.76. The van der Waals surface area contributed by atoms with Gasteiger partial charge in [-0.3, -0.25) is 14.5 Å². The third kappa shape index (κ3) is 3.74. The molecule has 0 fully saturated rings. The van der Waals surface area contributed by atoms with E-state index in [-0.39, 0.29) is 30.8 Å². The zero-order valence-corrected chi connectivity index (χ0v) is 13.6. The fraction of sp³-hybridized carbons (Fsp3) is 0.412. The number of aryl methyl sites for hydroxylation is 1. The number of nitrogens with one attached hydrogen (secondary N) is 2. The minimum Gasteiger partial charge on any atom is -0.358 e. The fourth-order valence-corrected chi connectivity index (χ4v) is 2.63. The molecule has 5 heteroatoms. The van der Waals surface area contributed by atoms with Gasteiger partial charge in [-0.2, -0.15) is 0 Å². The summed E-state index contributed by atoms with van der Waals surface area (Å²) >= 11 is 0. The Balaban J connectivity index is 2.08. The number of hydrogen-bond acceptors (Lipinski definition) is 3. The van der Waals surface area contributed by atoms with Crippen LogP contribution in [0.3, 0.4) is 0 Å². The molecule has 1 heterocycles. The summed E-state index contributed by atoms with van der Waals surface area (Å²) in [5.74, 6) is -0.0456. The number of amides is 1. The van der Waals surface area contributed by atoms with Crippen molar-refractivity contribution in [1.82, 2.24) is 15.2 Å². The fourth-order valence-electron chi connectivity index (χ4n) is 2.63. The number of aromatic amines is 1. The average molecular weight is 301 g/mol. The molecule has 0 saturated heterocycles. The van der Waals surface area contributed by atoms with E-state index < -0.39 is 0 Å². The lowest BCUT2D eigenvalue weighted by Gasteiger charge is -2.16. The highest BCUT2D eigenvalue weighted by Gasteiger charge is 2.18. The van der Waals surface area contributed by atoms with Gasteiger partial charge in [-0.15, -0.1) is 0 Å². The van der Waals surface area contributed by atoms with Crippen molar-refractivity contribution in [2.45, 2.75) is 26.8 Å². The summed E-state index contributed by atoms with van der Waals surface area (Å²) in [5.41, 5.74) is 2.54. The van der Waals surface area contributed by atoms with E-state index in [2.05, 4.69) is 10.3 Å². The molecule has 1 aromatic carbocycles. The highest BCUT2D eigenvalue weighted by molar-refractivity contribution is 6.10. The molecule has 0 atom stereocenters.